The van der Waals surface area contributed by atoms with Crippen LogP contribution in [0, 0.1) is 0 Å². The number of aliphatic hydroxyl groups excluding tert-OH is 1. The van der Waals surface area contributed by atoms with E-state index in [-0.39, 0.29) is 12.1 Å². The summed E-state index contributed by atoms with van der Waals surface area (Å²) in [6.07, 6.45) is 4.86. The molecule has 2 rings (SSSR count). The van der Waals surface area contributed by atoms with Gasteiger partial charge in [-0.25, -0.2) is 9.97 Å². The third kappa shape index (κ3) is 2.06. The molecule has 1 aliphatic rings. The molecule has 0 unspecified atom stereocenters. The lowest BCUT2D eigenvalue weighted by Gasteiger charge is -2.27. The zero-order valence-electron chi connectivity index (χ0n) is 8.60. The normalized spacial score (nSPS) is 23.1. The predicted octanol–water partition coefficient (Wildman–Crippen LogP) is 1.48. The molecule has 4 nitrogen and oxygen atoms in total. The Kier molecular flexibility index (Phi) is 3.07. The second-order valence-corrected chi connectivity index (χ2v) is 4.17. The first-order chi connectivity index (χ1) is 7.20. The van der Waals surface area contributed by atoms with E-state index in [1.807, 2.05) is 4.90 Å². The van der Waals surface area contributed by atoms with Gasteiger partial charge in [-0.2, -0.15) is 0 Å². The Morgan fingerprint density at radius 3 is 2.93 bits per heavy atom. The first-order valence-corrected chi connectivity index (χ1v) is 5.49. The molecular weight excluding hydrogens is 214 g/mol. The second-order valence-electron chi connectivity index (χ2n) is 3.81. The van der Waals surface area contributed by atoms with E-state index < -0.39 is 0 Å². The van der Waals surface area contributed by atoms with Crippen LogP contribution in [0.1, 0.15) is 19.8 Å². The van der Waals surface area contributed by atoms with E-state index in [0.29, 0.717) is 11.0 Å². The maximum atomic E-state index is 9.64. The molecule has 0 aliphatic carbocycles. The minimum atomic E-state index is -0.370. The Morgan fingerprint density at radius 2 is 2.27 bits per heavy atom. The molecule has 0 saturated carbocycles. The Labute approximate surface area is 93.9 Å². The van der Waals surface area contributed by atoms with Gasteiger partial charge in [-0.05, 0) is 19.8 Å². The molecule has 15 heavy (non-hydrogen) atoms. The van der Waals surface area contributed by atoms with E-state index in [2.05, 4.69) is 9.97 Å². The number of aromatic nitrogens is 2. The Hall–Kier alpha value is -0.870. The molecule has 1 saturated heterocycles. The van der Waals surface area contributed by atoms with Crippen molar-refractivity contribution in [1.29, 1.82) is 0 Å². The van der Waals surface area contributed by atoms with Crippen molar-refractivity contribution in [1.82, 2.24) is 9.97 Å². The summed E-state index contributed by atoms with van der Waals surface area (Å²) in [5, 5.41) is 10.0. The summed E-state index contributed by atoms with van der Waals surface area (Å²) in [7, 11) is 0. The van der Waals surface area contributed by atoms with Gasteiger partial charge in [-0.15, -0.1) is 0 Å². The highest BCUT2D eigenvalue weighted by Crippen LogP contribution is 2.29. The monoisotopic (exact) mass is 227 g/mol. The lowest BCUT2D eigenvalue weighted by Crippen LogP contribution is -2.38. The van der Waals surface area contributed by atoms with Crippen LogP contribution in [0.4, 0.5) is 5.82 Å². The molecule has 1 fully saturated rings. The number of hydrogen-bond donors (Lipinski definition) is 1. The molecule has 1 aromatic rings. The van der Waals surface area contributed by atoms with Crippen LogP contribution < -0.4 is 4.90 Å². The van der Waals surface area contributed by atoms with Crippen LogP contribution in [0.15, 0.2) is 12.4 Å². The summed E-state index contributed by atoms with van der Waals surface area (Å²) < 4.78 is 0. The summed E-state index contributed by atoms with van der Waals surface area (Å²) in [4.78, 5) is 10.3. The zero-order valence-corrected chi connectivity index (χ0v) is 9.35. The minimum Gasteiger partial charge on any atom is -0.391 e. The van der Waals surface area contributed by atoms with E-state index in [9.17, 15) is 5.11 Å². The van der Waals surface area contributed by atoms with Crippen molar-refractivity contribution in [2.24, 2.45) is 0 Å². The zero-order chi connectivity index (χ0) is 10.8. The molecular formula is C10H14ClN3O. The summed E-state index contributed by atoms with van der Waals surface area (Å²) in [6.45, 7) is 2.68. The first kappa shape index (κ1) is 10.6. The maximum absolute atomic E-state index is 9.64. The van der Waals surface area contributed by atoms with Crippen LogP contribution in [-0.4, -0.2) is 33.8 Å². The number of nitrogens with zero attached hydrogens (tertiary/aromatic N) is 3. The molecule has 0 amide bonds. The molecule has 2 atom stereocenters. The van der Waals surface area contributed by atoms with E-state index >= 15 is 0 Å². The molecule has 82 valence electrons. The van der Waals surface area contributed by atoms with E-state index in [0.717, 1.165) is 19.4 Å². The highest BCUT2D eigenvalue weighted by molar-refractivity contribution is 6.31. The number of rotatable bonds is 2. The lowest BCUT2D eigenvalue weighted by molar-refractivity contribution is 0.164. The van der Waals surface area contributed by atoms with Crippen molar-refractivity contribution in [2.75, 3.05) is 11.4 Å². The Balaban J connectivity index is 2.27. The number of aliphatic hydroxyl groups is 1. The molecule has 2 heterocycles. The van der Waals surface area contributed by atoms with Gasteiger partial charge >= 0.3 is 0 Å². The fourth-order valence-corrected chi connectivity index (χ4v) is 2.28. The molecule has 1 N–H and O–H groups in total. The molecule has 0 bridgehead atoms. The SMILES string of the molecule is C[C@@H](O)[C@H]1CCCN1c1nccnc1Cl. The first-order valence-electron chi connectivity index (χ1n) is 5.11. The van der Waals surface area contributed by atoms with Gasteiger partial charge in [-0.3, -0.25) is 0 Å². The van der Waals surface area contributed by atoms with Crippen LogP contribution in [0.2, 0.25) is 5.15 Å². The van der Waals surface area contributed by atoms with Gasteiger partial charge in [-0.1, -0.05) is 11.6 Å². The van der Waals surface area contributed by atoms with Crippen molar-refractivity contribution >= 4 is 17.4 Å². The molecule has 0 radical (unpaired) electrons. The van der Waals surface area contributed by atoms with E-state index in [1.54, 1.807) is 19.3 Å². The lowest BCUT2D eigenvalue weighted by atomic mass is 10.1. The van der Waals surface area contributed by atoms with Gasteiger partial charge in [0.1, 0.15) is 0 Å². The Morgan fingerprint density at radius 1 is 1.53 bits per heavy atom. The fourth-order valence-electron chi connectivity index (χ4n) is 2.06. The summed E-state index contributed by atoms with van der Waals surface area (Å²) in [5.74, 6) is 0.683. The van der Waals surface area contributed by atoms with Gasteiger partial charge in [0, 0.05) is 18.9 Å². The third-order valence-electron chi connectivity index (χ3n) is 2.76. The van der Waals surface area contributed by atoms with Crippen LogP contribution in [0.25, 0.3) is 0 Å². The Bertz CT molecular complexity index is 345. The summed E-state index contributed by atoms with van der Waals surface area (Å²) >= 11 is 5.98. The fraction of sp³-hybridized carbons (Fsp3) is 0.600. The maximum Gasteiger partial charge on any atom is 0.171 e. The molecule has 0 spiro atoms. The number of hydrogen-bond acceptors (Lipinski definition) is 4. The van der Waals surface area contributed by atoms with Crippen LogP contribution in [0.5, 0.6) is 0 Å². The van der Waals surface area contributed by atoms with Crippen molar-refractivity contribution in [2.45, 2.75) is 31.9 Å². The average Bonchev–Trinajstić information content (AvgIpc) is 2.67. The highest BCUT2D eigenvalue weighted by atomic mass is 35.5. The summed E-state index contributed by atoms with van der Waals surface area (Å²) in [6, 6.07) is 0.110. The van der Waals surface area contributed by atoms with Crippen LogP contribution >= 0.6 is 11.6 Å². The third-order valence-corrected chi connectivity index (χ3v) is 3.03. The van der Waals surface area contributed by atoms with Gasteiger partial charge in [0.05, 0.1) is 12.1 Å². The standard InChI is InChI=1S/C10H14ClN3O/c1-7(15)8-3-2-6-14(8)10-9(11)12-4-5-13-10/h4-5,7-8,15H,2-3,6H2,1H3/t7-,8-/m1/s1. The van der Waals surface area contributed by atoms with E-state index in [1.165, 1.54) is 0 Å². The van der Waals surface area contributed by atoms with Crippen LogP contribution in [0.3, 0.4) is 0 Å². The second kappa shape index (κ2) is 4.33. The van der Waals surface area contributed by atoms with Crippen molar-refractivity contribution < 1.29 is 5.11 Å². The van der Waals surface area contributed by atoms with Gasteiger partial charge in [0.15, 0.2) is 11.0 Å². The number of anilines is 1. The van der Waals surface area contributed by atoms with Crippen LogP contribution in [-0.2, 0) is 0 Å². The summed E-state index contributed by atoms with van der Waals surface area (Å²) in [5.41, 5.74) is 0. The van der Waals surface area contributed by atoms with Gasteiger partial charge in [0.25, 0.3) is 0 Å². The van der Waals surface area contributed by atoms with Crippen molar-refractivity contribution in [3.8, 4) is 0 Å². The molecule has 1 aliphatic heterocycles. The van der Waals surface area contributed by atoms with Crippen molar-refractivity contribution in [3.05, 3.63) is 17.5 Å². The van der Waals surface area contributed by atoms with E-state index in [4.69, 9.17) is 11.6 Å². The smallest absolute Gasteiger partial charge is 0.171 e. The van der Waals surface area contributed by atoms with Gasteiger partial charge < -0.3 is 10.0 Å². The quantitative estimate of drug-likeness (QED) is 0.832. The predicted molar refractivity (Wildman–Crippen MR) is 59.1 cm³/mol. The van der Waals surface area contributed by atoms with Gasteiger partial charge in [0.2, 0.25) is 0 Å². The molecule has 0 aromatic carbocycles. The minimum absolute atomic E-state index is 0.110. The number of halogens is 1. The largest absolute Gasteiger partial charge is 0.391 e. The average molecular weight is 228 g/mol. The topological polar surface area (TPSA) is 49.2 Å². The molecule has 1 aromatic heterocycles. The van der Waals surface area contributed by atoms with Crippen molar-refractivity contribution in [3.63, 3.8) is 0 Å². The molecule has 5 heteroatoms. The highest BCUT2D eigenvalue weighted by Gasteiger charge is 2.30.